The van der Waals surface area contributed by atoms with Crippen molar-refractivity contribution in [1.82, 2.24) is 19.9 Å². The Morgan fingerprint density at radius 3 is 2.60 bits per heavy atom. The molecule has 11 heteroatoms. The maximum absolute atomic E-state index is 12.6. The number of pyridine rings is 1. The largest absolute Gasteiger partial charge is 0.444 e. The molecule has 0 bridgehead atoms. The Morgan fingerprint density at radius 2 is 1.86 bits per heavy atom. The number of carbonyl (C=O) groups is 1. The highest BCUT2D eigenvalue weighted by Gasteiger charge is 2.52. The highest BCUT2D eigenvalue weighted by Crippen LogP contribution is 2.50. The second-order valence-electron chi connectivity index (χ2n) is 12.7. The number of morpholine rings is 1. The first-order chi connectivity index (χ1) is 20.6. The van der Waals surface area contributed by atoms with Crippen LogP contribution in [0.2, 0.25) is 0 Å². The second-order valence-corrected chi connectivity index (χ2v) is 12.7. The molecule has 3 aliphatic heterocycles. The first kappa shape index (κ1) is 29.1. The minimum Gasteiger partial charge on any atom is -0.444 e. The van der Waals surface area contributed by atoms with Gasteiger partial charge in [-0.15, -0.1) is 0 Å². The number of nitrogens with zero attached hydrogens (tertiary/aromatic N) is 6. The van der Waals surface area contributed by atoms with E-state index in [1.54, 1.807) is 11.9 Å². The van der Waals surface area contributed by atoms with Crippen molar-refractivity contribution in [2.45, 2.75) is 57.7 Å². The molecule has 5 heterocycles. The lowest BCUT2D eigenvalue weighted by Crippen LogP contribution is -2.48. The molecule has 1 amide bonds. The number of rotatable bonds is 6. The van der Waals surface area contributed by atoms with Crippen LogP contribution in [0.5, 0.6) is 0 Å². The van der Waals surface area contributed by atoms with Crippen molar-refractivity contribution in [2.75, 3.05) is 61.7 Å². The summed E-state index contributed by atoms with van der Waals surface area (Å²) in [5.74, 6) is 2.13. The van der Waals surface area contributed by atoms with Gasteiger partial charge < -0.3 is 34.2 Å². The Balaban J connectivity index is 1.26. The Labute approximate surface area is 253 Å². The highest BCUT2D eigenvalue weighted by molar-refractivity contribution is 5.71. The Hall–Kier alpha value is -3.96. The van der Waals surface area contributed by atoms with Gasteiger partial charge in [0.2, 0.25) is 5.95 Å². The van der Waals surface area contributed by atoms with E-state index in [2.05, 4.69) is 46.3 Å². The third kappa shape index (κ3) is 6.09. The molecule has 0 saturated carbocycles. The standard InChI is InChI=1S/C32H41N7O4/c1-31(2,3)43-30(40)37(5)20-23-7-6-8-27(34-23)39-26-13-16-42-21-32(26,4)25-19-33-29(36-28(25)39)35-22-9-11-24(12-10-22)38-14-17-41-18-15-38/h6-12,19,26H,13-18,20-21H2,1-5H3,(H,33,35,36)/t26-,32-/m1/s1. The fourth-order valence-electron chi connectivity index (χ4n) is 6.04. The second kappa shape index (κ2) is 11.6. The number of hydrogen-bond donors (Lipinski definition) is 1. The molecule has 0 aliphatic carbocycles. The van der Waals surface area contributed by atoms with Gasteiger partial charge in [-0.25, -0.2) is 14.8 Å². The van der Waals surface area contributed by atoms with Gasteiger partial charge in [0, 0.05) is 55.3 Å². The highest BCUT2D eigenvalue weighted by atomic mass is 16.6. The average molecular weight is 588 g/mol. The summed E-state index contributed by atoms with van der Waals surface area (Å²) in [6, 6.07) is 14.4. The molecule has 2 aromatic heterocycles. The molecule has 0 unspecified atom stereocenters. The minimum atomic E-state index is -0.566. The van der Waals surface area contributed by atoms with Crippen LogP contribution in [-0.2, 0) is 26.2 Å². The van der Waals surface area contributed by atoms with E-state index in [0.717, 1.165) is 61.3 Å². The molecular weight excluding hydrogens is 546 g/mol. The molecule has 1 N–H and O–H groups in total. The number of anilines is 5. The van der Waals surface area contributed by atoms with Crippen molar-refractivity contribution < 1.29 is 19.0 Å². The van der Waals surface area contributed by atoms with E-state index in [9.17, 15) is 4.79 Å². The van der Waals surface area contributed by atoms with Gasteiger partial charge in [-0.1, -0.05) is 13.0 Å². The molecule has 2 atom stereocenters. The van der Waals surface area contributed by atoms with Gasteiger partial charge in [0.25, 0.3) is 0 Å². The summed E-state index contributed by atoms with van der Waals surface area (Å²) in [6.45, 7) is 12.7. The van der Waals surface area contributed by atoms with E-state index in [0.29, 0.717) is 25.7 Å². The zero-order chi connectivity index (χ0) is 30.2. The molecule has 3 aliphatic rings. The third-order valence-corrected chi connectivity index (χ3v) is 8.24. The fourth-order valence-corrected chi connectivity index (χ4v) is 6.04. The molecular formula is C32H41N7O4. The zero-order valence-corrected chi connectivity index (χ0v) is 25.7. The van der Waals surface area contributed by atoms with E-state index >= 15 is 0 Å². The summed E-state index contributed by atoms with van der Waals surface area (Å²) in [7, 11) is 1.72. The Kier molecular flexibility index (Phi) is 7.87. The number of ether oxygens (including phenoxy) is 3. The quantitative estimate of drug-likeness (QED) is 0.423. The molecule has 2 fully saturated rings. The van der Waals surface area contributed by atoms with Crippen molar-refractivity contribution in [2.24, 2.45) is 0 Å². The first-order valence-electron chi connectivity index (χ1n) is 14.9. The van der Waals surface area contributed by atoms with Crippen LogP contribution in [0.1, 0.15) is 45.4 Å². The number of benzene rings is 1. The van der Waals surface area contributed by atoms with Crippen molar-refractivity contribution in [3.05, 3.63) is 59.9 Å². The summed E-state index contributed by atoms with van der Waals surface area (Å²) in [4.78, 5) is 33.5. The van der Waals surface area contributed by atoms with Crippen LogP contribution in [0.25, 0.3) is 0 Å². The van der Waals surface area contributed by atoms with Crippen LogP contribution in [0.3, 0.4) is 0 Å². The lowest BCUT2D eigenvalue weighted by Gasteiger charge is -2.39. The van der Waals surface area contributed by atoms with Gasteiger partial charge in [0.05, 0.1) is 38.1 Å². The van der Waals surface area contributed by atoms with Gasteiger partial charge in [-0.2, -0.15) is 4.98 Å². The summed E-state index contributed by atoms with van der Waals surface area (Å²) in [6.07, 6.45) is 2.38. The number of aromatic nitrogens is 3. The van der Waals surface area contributed by atoms with Gasteiger partial charge in [-0.05, 0) is 63.6 Å². The van der Waals surface area contributed by atoms with Gasteiger partial charge in [0.1, 0.15) is 17.2 Å². The van der Waals surface area contributed by atoms with Crippen LogP contribution in [-0.4, -0.2) is 84.2 Å². The molecule has 3 aromatic rings. The molecule has 6 rings (SSSR count). The van der Waals surface area contributed by atoms with Crippen LogP contribution in [0.4, 0.5) is 33.8 Å². The monoisotopic (exact) mass is 587 g/mol. The predicted molar refractivity (Wildman–Crippen MR) is 165 cm³/mol. The van der Waals surface area contributed by atoms with E-state index in [1.807, 2.05) is 45.2 Å². The van der Waals surface area contributed by atoms with E-state index in [4.69, 9.17) is 29.2 Å². The SMILES string of the molecule is CN(Cc1cccc(N2c3nc(Nc4ccc(N5CCOCC5)cc4)ncc3[C@@]3(C)COCC[C@@H]23)n1)C(=O)OC(C)(C)C. The van der Waals surface area contributed by atoms with Gasteiger partial charge >= 0.3 is 6.09 Å². The van der Waals surface area contributed by atoms with Crippen molar-refractivity contribution in [3.8, 4) is 0 Å². The Bertz CT molecular complexity index is 1450. The molecule has 43 heavy (non-hydrogen) atoms. The summed E-state index contributed by atoms with van der Waals surface area (Å²) < 4.78 is 17.0. The van der Waals surface area contributed by atoms with E-state index in [1.165, 1.54) is 5.69 Å². The third-order valence-electron chi connectivity index (χ3n) is 8.24. The first-order valence-corrected chi connectivity index (χ1v) is 14.9. The number of fused-ring (bicyclic) bond motifs is 3. The normalized spacial score (nSPS) is 21.7. The van der Waals surface area contributed by atoms with E-state index < -0.39 is 5.60 Å². The number of amides is 1. The summed E-state index contributed by atoms with van der Waals surface area (Å²) in [5.41, 5.74) is 3.05. The maximum Gasteiger partial charge on any atom is 0.410 e. The lowest BCUT2D eigenvalue weighted by atomic mass is 9.77. The van der Waals surface area contributed by atoms with Crippen LogP contribution >= 0.6 is 0 Å². The zero-order valence-electron chi connectivity index (χ0n) is 25.7. The summed E-state index contributed by atoms with van der Waals surface area (Å²) >= 11 is 0. The number of hydrogen-bond acceptors (Lipinski definition) is 10. The minimum absolute atomic E-state index is 0.111. The number of carbonyl (C=O) groups excluding carboxylic acids is 1. The number of nitrogens with one attached hydrogen (secondary N) is 1. The molecule has 1 aromatic carbocycles. The van der Waals surface area contributed by atoms with Gasteiger partial charge in [0.15, 0.2) is 0 Å². The van der Waals surface area contributed by atoms with Crippen molar-refractivity contribution >= 4 is 35.1 Å². The van der Waals surface area contributed by atoms with Crippen LogP contribution in [0, 0.1) is 0 Å². The Morgan fingerprint density at radius 1 is 1.09 bits per heavy atom. The molecule has 0 spiro atoms. The van der Waals surface area contributed by atoms with Gasteiger partial charge in [-0.3, -0.25) is 0 Å². The summed E-state index contributed by atoms with van der Waals surface area (Å²) in [5, 5.41) is 3.40. The molecule has 11 nitrogen and oxygen atoms in total. The molecule has 228 valence electrons. The smallest absolute Gasteiger partial charge is 0.410 e. The van der Waals surface area contributed by atoms with Crippen molar-refractivity contribution in [1.29, 1.82) is 0 Å². The van der Waals surface area contributed by atoms with E-state index in [-0.39, 0.29) is 17.6 Å². The maximum atomic E-state index is 12.6. The lowest BCUT2D eigenvalue weighted by molar-refractivity contribution is 0.0282. The average Bonchev–Trinajstić information content (AvgIpc) is 3.25. The predicted octanol–water partition coefficient (Wildman–Crippen LogP) is 5.02. The van der Waals surface area contributed by atoms with Crippen LogP contribution in [0.15, 0.2) is 48.7 Å². The molecule has 0 radical (unpaired) electrons. The van der Waals surface area contributed by atoms with Crippen LogP contribution < -0.4 is 15.1 Å². The molecule has 2 saturated heterocycles. The van der Waals surface area contributed by atoms with Crippen molar-refractivity contribution in [3.63, 3.8) is 0 Å². The topological polar surface area (TPSA) is 105 Å². The fraction of sp³-hybridized carbons (Fsp3) is 0.500.